The van der Waals surface area contributed by atoms with Gasteiger partial charge in [-0.15, -0.1) is 0 Å². The molecule has 9 N–H and O–H groups in total. The lowest BCUT2D eigenvalue weighted by molar-refractivity contribution is -0.128. The number of nitrogens with one attached hydrogen (secondary N) is 6. The van der Waals surface area contributed by atoms with Crippen molar-refractivity contribution in [3.63, 3.8) is 0 Å². The molecule has 206 valence electrons. The van der Waals surface area contributed by atoms with Crippen molar-refractivity contribution in [2.45, 2.75) is 57.7 Å². The number of aliphatic hydroxyl groups is 1. The number of amides is 6. The Labute approximate surface area is 210 Å². The van der Waals surface area contributed by atoms with Gasteiger partial charge in [0.25, 0.3) is 0 Å². The maximum atomic E-state index is 11.5. The Kier molecular flexibility index (Phi) is 19.9. The third kappa shape index (κ3) is 18.8. The first-order valence-corrected chi connectivity index (χ1v) is 11.2. The molecule has 0 spiro atoms. The van der Waals surface area contributed by atoms with Crippen LogP contribution in [0.4, 0.5) is 0 Å². The molecule has 0 aliphatic carbocycles. The van der Waals surface area contributed by atoms with Crippen LogP contribution in [0, 0.1) is 0 Å². The first kappa shape index (κ1) is 34.6. The van der Waals surface area contributed by atoms with Crippen molar-refractivity contribution >= 4 is 41.7 Å². The van der Waals surface area contributed by atoms with Gasteiger partial charge in [-0.05, 0) is 12.8 Å². The van der Waals surface area contributed by atoms with Crippen LogP contribution in [0.3, 0.4) is 0 Å². The van der Waals surface area contributed by atoms with Crippen LogP contribution in [0.5, 0.6) is 0 Å². The molecule has 0 fully saturated rings. The SMILES string of the molecule is CNC(=O)[C@H](CCC(=O)NCC(O)CN)NC(C)=O.CNC(=O)[C@H](CCC(=O)NCC=O)NC(C)=O. The monoisotopic (exact) mass is 517 g/mol. The zero-order chi connectivity index (χ0) is 28.1. The van der Waals surface area contributed by atoms with Crippen LogP contribution >= 0.6 is 0 Å². The summed E-state index contributed by atoms with van der Waals surface area (Å²) in [5.74, 6) is -2.05. The molecule has 0 heterocycles. The van der Waals surface area contributed by atoms with Gasteiger partial charge in [0.1, 0.15) is 18.4 Å². The Morgan fingerprint density at radius 1 is 0.806 bits per heavy atom. The highest BCUT2D eigenvalue weighted by Gasteiger charge is 2.20. The summed E-state index contributed by atoms with van der Waals surface area (Å²) in [6.45, 7) is 2.67. The van der Waals surface area contributed by atoms with Crippen molar-refractivity contribution in [2.75, 3.05) is 33.7 Å². The molecule has 0 aromatic rings. The fourth-order valence-electron chi connectivity index (χ4n) is 2.57. The highest BCUT2D eigenvalue weighted by molar-refractivity contribution is 5.88. The summed E-state index contributed by atoms with van der Waals surface area (Å²) in [5, 5.41) is 23.7. The van der Waals surface area contributed by atoms with Gasteiger partial charge in [0.15, 0.2) is 0 Å². The Balaban J connectivity index is 0. The van der Waals surface area contributed by atoms with Gasteiger partial charge in [0, 0.05) is 53.9 Å². The predicted molar refractivity (Wildman–Crippen MR) is 129 cm³/mol. The zero-order valence-corrected chi connectivity index (χ0v) is 21.1. The van der Waals surface area contributed by atoms with Gasteiger partial charge >= 0.3 is 0 Å². The van der Waals surface area contributed by atoms with E-state index in [2.05, 4.69) is 31.9 Å². The summed E-state index contributed by atoms with van der Waals surface area (Å²) >= 11 is 0. The molecule has 3 atom stereocenters. The predicted octanol–water partition coefficient (Wildman–Crippen LogP) is -4.21. The van der Waals surface area contributed by atoms with Gasteiger partial charge in [-0.1, -0.05) is 0 Å². The molecule has 0 aromatic carbocycles. The Morgan fingerprint density at radius 2 is 1.22 bits per heavy atom. The second-order valence-electron chi connectivity index (χ2n) is 7.48. The lowest BCUT2D eigenvalue weighted by atomic mass is 10.1. The average molecular weight is 518 g/mol. The van der Waals surface area contributed by atoms with Crippen LogP contribution in [0.2, 0.25) is 0 Å². The van der Waals surface area contributed by atoms with Gasteiger partial charge in [-0.25, -0.2) is 0 Å². The van der Waals surface area contributed by atoms with Crippen LogP contribution in [0.25, 0.3) is 0 Å². The number of likely N-dealkylation sites (N-methyl/N-ethyl adjacent to an activating group) is 2. The average Bonchev–Trinajstić information content (AvgIpc) is 2.84. The van der Waals surface area contributed by atoms with Gasteiger partial charge in [0.05, 0.1) is 12.6 Å². The summed E-state index contributed by atoms with van der Waals surface area (Å²) in [7, 11) is 2.90. The van der Waals surface area contributed by atoms with E-state index in [1.165, 1.54) is 27.9 Å². The van der Waals surface area contributed by atoms with Crippen LogP contribution in [-0.4, -0.2) is 98.8 Å². The van der Waals surface area contributed by atoms with Crippen LogP contribution < -0.4 is 37.6 Å². The van der Waals surface area contributed by atoms with E-state index in [0.717, 1.165) is 0 Å². The number of nitrogens with two attached hydrogens (primary N) is 1. The van der Waals surface area contributed by atoms with E-state index in [4.69, 9.17) is 10.8 Å². The topological polar surface area (TPSA) is 238 Å². The highest BCUT2D eigenvalue weighted by Crippen LogP contribution is 1.99. The van der Waals surface area contributed by atoms with Crippen molar-refractivity contribution in [2.24, 2.45) is 5.73 Å². The molecule has 0 aliphatic rings. The molecule has 0 aliphatic heterocycles. The molecule has 15 heteroatoms. The molecule has 0 saturated carbocycles. The lowest BCUT2D eigenvalue weighted by Crippen LogP contribution is -2.45. The molecule has 6 amide bonds. The van der Waals surface area contributed by atoms with Gasteiger partial charge in [0.2, 0.25) is 35.4 Å². The minimum atomic E-state index is -0.783. The maximum Gasteiger partial charge on any atom is 0.242 e. The Hall–Kier alpha value is -3.59. The highest BCUT2D eigenvalue weighted by atomic mass is 16.3. The first-order valence-electron chi connectivity index (χ1n) is 11.2. The van der Waals surface area contributed by atoms with Crippen molar-refractivity contribution in [1.29, 1.82) is 0 Å². The van der Waals surface area contributed by atoms with Crippen molar-refractivity contribution in [1.82, 2.24) is 31.9 Å². The number of rotatable bonds is 15. The van der Waals surface area contributed by atoms with Crippen LogP contribution in [-0.2, 0) is 33.6 Å². The Bertz CT molecular complexity index is 748. The van der Waals surface area contributed by atoms with E-state index < -0.39 is 18.2 Å². The van der Waals surface area contributed by atoms with E-state index >= 15 is 0 Å². The molecule has 0 saturated heterocycles. The number of carbonyl (C=O) groups is 7. The number of aldehydes is 1. The minimum Gasteiger partial charge on any atom is -0.390 e. The van der Waals surface area contributed by atoms with Gasteiger partial charge < -0.3 is 47.5 Å². The molecule has 0 radical (unpaired) electrons. The third-order valence-electron chi connectivity index (χ3n) is 4.39. The number of carbonyl (C=O) groups excluding carboxylic acids is 7. The second kappa shape index (κ2) is 20.8. The number of aliphatic hydroxyl groups excluding tert-OH is 1. The molecule has 15 nitrogen and oxygen atoms in total. The molecular weight excluding hydrogens is 478 g/mol. The van der Waals surface area contributed by atoms with Gasteiger partial charge in [-0.2, -0.15) is 0 Å². The molecule has 1 unspecified atom stereocenters. The second-order valence-corrected chi connectivity index (χ2v) is 7.48. The molecule has 36 heavy (non-hydrogen) atoms. The zero-order valence-electron chi connectivity index (χ0n) is 21.1. The van der Waals surface area contributed by atoms with E-state index in [9.17, 15) is 33.6 Å². The van der Waals surface area contributed by atoms with E-state index in [1.807, 2.05) is 0 Å². The van der Waals surface area contributed by atoms with E-state index in [1.54, 1.807) is 0 Å². The van der Waals surface area contributed by atoms with E-state index in [0.29, 0.717) is 6.29 Å². The minimum absolute atomic E-state index is 0.0520. The van der Waals surface area contributed by atoms with Gasteiger partial charge in [-0.3, -0.25) is 28.8 Å². The molecule has 0 bridgehead atoms. The standard InChI is InChI=1S/C11H22N4O4.C10H17N3O4/c1-7(16)15-9(11(19)13-2)3-4-10(18)14-6-8(17)5-12;1-7(15)13-8(10(17)11-2)3-4-9(16)12-5-6-14/h8-9,17H,3-6,12H2,1-2H3,(H,13,19)(H,14,18)(H,15,16);6,8H,3-5H2,1-2H3,(H,11,17)(H,12,16)(H,13,15)/t8?,9-;8-/m00/s1. The summed E-state index contributed by atoms with van der Waals surface area (Å²) < 4.78 is 0. The maximum absolute atomic E-state index is 11.5. The fourth-order valence-corrected chi connectivity index (χ4v) is 2.57. The lowest BCUT2D eigenvalue weighted by Gasteiger charge is -2.16. The van der Waals surface area contributed by atoms with Crippen LogP contribution in [0.15, 0.2) is 0 Å². The normalized spacial score (nSPS) is 12.3. The van der Waals surface area contributed by atoms with Crippen molar-refractivity contribution in [3.05, 3.63) is 0 Å². The molecule has 0 aromatic heterocycles. The first-order chi connectivity index (χ1) is 16.9. The summed E-state index contributed by atoms with van der Waals surface area (Å²) in [6, 6.07) is -1.48. The molecular formula is C21H39N7O8. The van der Waals surface area contributed by atoms with Crippen molar-refractivity contribution < 1.29 is 38.7 Å². The number of hydrogen-bond donors (Lipinski definition) is 8. The fraction of sp³-hybridized carbons (Fsp3) is 0.667. The number of hydrogen-bond acceptors (Lipinski definition) is 9. The quantitative estimate of drug-likeness (QED) is 0.0981. The molecule has 0 rings (SSSR count). The third-order valence-corrected chi connectivity index (χ3v) is 4.39. The summed E-state index contributed by atoms with van der Waals surface area (Å²) in [4.78, 5) is 77.3. The summed E-state index contributed by atoms with van der Waals surface area (Å²) in [5.41, 5.74) is 5.19. The smallest absolute Gasteiger partial charge is 0.242 e. The summed E-state index contributed by atoms with van der Waals surface area (Å²) in [6.07, 6.45) is 0.284. The largest absolute Gasteiger partial charge is 0.390 e. The Morgan fingerprint density at radius 3 is 1.56 bits per heavy atom. The van der Waals surface area contributed by atoms with Crippen LogP contribution in [0.1, 0.15) is 39.5 Å². The van der Waals surface area contributed by atoms with Crippen molar-refractivity contribution in [3.8, 4) is 0 Å². The van der Waals surface area contributed by atoms with E-state index in [-0.39, 0.29) is 80.8 Å².